The van der Waals surface area contributed by atoms with Crippen molar-refractivity contribution in [3.05, 3.63) is 17.5 Å². The van der Waals surface area contributed by atoms with Crippen molar-refractivity contribution in [2.75, 3.05) is 26.2 Å². The highest BCUT2D eigenvalue weighted by Gasteiger charge is 2.11. The average molecular weight is 236 g/mol. The third kappa shape index (κ3) is 3.64. The van der Waals surface area contributed by atoms with E-state index in [-0.39, 0.29) is 0 Å². The molecule has 0 spiro atoms. The van der Waals surface area contributed by atoms with E-state index in [1.165, 1.54) is 25.9 Å². The minimum Gasteiger partial charge on any atom is -0.462 e. The highest BCUT2D eigenvalue weighted by molar-refractivity contribution is 5.12. The first-order valence-corrected chi connectivity index (χ1v) is 6.18. The summed E-state index contributed by atoms with van der Waals surface area (Å²) in [5, 5.41) is 0. The van der Waals surface area contributed by atoms with E-state index in [4.69, 9.17) is 10.5 Å². The van der Waals surface area contributed by atoms with Crippen LogP contribution >= 0.6 is 0 Å². The van der Waals surface area contributed by atoms with Gasteiger partial charge < -0.3 is 10.5 Å². The summed E-state index contributed by atoms with van der Waals surface area (Å²) in [6, 6.07) is 2.33. The zero-order chi connectivity index (χ0) is 12.1. The summed E-state index contributed by atoms with van der Waals surface area (Å²) in [4.78, 5) is 10.9. The highest BCUT2D eigenvalue weighted by Crippen LogP contribution is 2.08. The van der Waals surface area contributed by atoms with Crippen LogP contribution in [0.4, 0.5) is 0 Å². The fraction of sp³-hybridized carbons (Fsp3) is 0.667. The summed E-state index contributed by atoms with van der Waals surface area (Å²) in [6.07, 6.45) is 2.61. The molecule has 1 aromatic heterocycles. The van der Waals surface area contributed by atoms with Gasteiger partial charge in [0, 0.05) is 18.8 Å². The molecule has 5 heteroatoms. The molecule has 1 aromatic rings. The Morgan fingerprint density at radius 1 is 1.35 bits per heavy atom. The monoisotopic (exact) mass is 236 g/mol. The lowest BCUT2D eigenvalue weighted by molar-refractivity contribution is 0.224. The van der Waals surface area contributed by atoms with Gasteiger partial charge in [0.15, 0.2) is 0 Å². The molecule has 0 unspecified atom stereocenters. The number of hydrogen-bond acceptors (Lipinski definition) is 5. The summed E-state index contributed by atoms with van der Waals surface area (Å²) in [5.74, 6) is 0. The molecule has 1 fully saturated rings. The molecule has 0 aromatic carbocycles. The fourth-order valence-corrected chi connectivity index (χ4v) is 2.05. The molecule has 1 saturated heterocycles. The molecule has 2 N–H and O–H groups in total. The molecule has 2 heterocycles. The third-order valence-corrected chi connectivity index (χ3v) is 2.93. The number of rotatable bonds is 5. The Hall–Kier alpha value is -1.20. The number of nitrogens with two attached hydrogens (primary N) is 1. The Morgan fingerprint density at radius 3 is 2.82 bits per heavy atom. The maximum Gasteiger partial charge on any atom is 0.316 e. The molecule has 17 heavy (non-hydrogen) atoms. The Bertz CT molecular complexity index is 364. The number of hydrogen-bond donors (Lipinski definition) is 1. The Kier molecular flexibility index (Phi) is 4.28. The Morgan fingerprint density at radius 2 is 2.12 bits per heavy atom. The number of nitrogens with zero attached hydrogens (tertiary/aromatic N) is 3. The highest BCUT2D eigenvalue weighted by atomic mass is 16.5. The number of aryl methyl sites for hydroxylation is 1. The fourth-order valence-electron chi connectivity index (χ4n) is 2.05. The molecule has 1 aliphatic heterocycles. The van der Waals surface area contributed by atoms with Gasteiger partial charge in [0.1, 0.15) is 6.61 Å². The molecule has 94 valence electrons. The summed E-state index contributed by atoms with van der Waals surface area (Å²) in [5.41, 5.74) is 7.29. The van der Waals surface area contributed by atoms with Crippen LogP contribution in [0.15, 0.2) is 6.07 Å². The molecule has 0 saturated carbocycles. The zero-order valence-corrected chi connectivity index (χ0v) is 10.4. The Labute approximate surface area is 102 Å². The average Bonchev–Trinajstić information content (AvgIpc) is 2.81. The van der Waals surface area contributed by atoms with Crippen LogP contribution in [0.1, 0.15) is 24.2 Å². The van der Waals surface area contributed by atoms with Crippen LogP contribution in [0.25, 0.3) is 0 Å². The molecular formula is C12H20N4O. The van der Waals surface area contributed by atoms with Crippen LogP contribution in [-0.4, -0.2) is 41.1 Å². The standard InChI is InChI=1S/C12H20N4O/c1-10-8-11(9-13)15-12(14-10)17-7-6-16-4-2-3-5-16/h8H,2-7,9,13H2,1H3. The van der Waals surface area contributed by atoms with Crippen LogP contribution in [0.5, 0.6) is 6.01 Å². The van der Waals surface area contributed by atoms with Gasteiger partial charge in [-0.2, -0.15) is 4.98 Å². The van der Waals surface area contributed by atoms with E-state index in [9.17, 15) is 0 Å². The maximum absolute atomic E-state index is 5.57. The minimum atomic E-state index is 0.422. The van der Waals surface area contributed by atoms with Gasteiger partial charge in [-0.1, -0.05) is 0 Å². The molecule has 0 amide bonds. The first-order valence-electron chi connectivity index (χ1n) is 6.18. The van der Waals surface area contributed by atoms with Crippen LogP contribution < -0.4 is 10.5 Å². The van der Waals surface area contributed by atoms with Gasteiger partial charge in [-0.05, 0) is 38.9 Å². The van der Waals surface area contributed by atoms with E-state index in [1.807, 2.05) is 13.0 Å². The first kappa shape index (κ1) is 12.3. The predicted molar refractivity (Wildman–Crippen MR) is 65.8 cm³/mol. The van der Waals surface area contributed by atoms with Crippen LogP contribution in [0.2, 0.25) is 0 Å². The SMILES string of the molecule is Cc1cc(CN)nc(OCCN2CCCC2)n1. The molecule has 5 nitrogen and oxygen atoms in total. The third-order valence-electron chi connectivity index (χ3n) is 2.93. The second kappa shape index (κ2) is 5.93. The van der Waals surface area contributed by atoms with E-state index in [0.717, 1.165) is 17.9 Å². The lowest BCUT2D eigenvalue weighted by atomic mass is 10.3. The van der Waals surface area contributed by atoms with Crippen molar-refractivity contribution in [2.45, 2.75) is 26.3 Å². The molecule has 0 bridgehead atoms. The van der Waals surface area contributed by atoms with Crippen LogP contribution in [0.3, 0.4) is 0 Å². The Balaban J connectivity index is 1.83. The molecule has 2 rings (SSSR count). The van der Waals surface area contributed by atoms with E-state index in [0.29, 0.717) is 19.2 Å². The van der Waals surface area contributed by atoms with Gasteiger partial charge in [-0.3, -0.25) is 4.90 Å². The van der Waals surface area contributed by atoms with Gasteiger partial charge in [-0.15, -0.1) is 0 Å². The predicted octanol–water partition coefficient (Wildman–Crippen LogP) is 0.718. The lowest BCUT2D eigenvalue weighted by Gasteiger charge is -2.14. The van der Waals surface area contributed by atoms with Crippen LogP contribution in [0, 0.1) is 6.92 Å². The van der Waals surface area contributed by atoms with Crippen molar-refractivity contribution >= 4 is 0 Å². The molecule has 1 aliphatic rings. The second-order valence-electron chi connectivity index (χ2n) is 4.38. The van der Waals surface area contributed by atoms with E-state index < -0.39 is 0 Å². The van der Waals surface area contributed by atoms with E-state index >= 15 is 0 Å². The van der Waals surface area contributed by atoms with Crippen molar-refractivity contribution in [3.63, 3.8) is 0 Å². The molecule has 0 radical (unpaired) electrons. The van der Waals surface area contributed by atoms with Gasteiger partial charge in [0.05, 0.1) is 5.69 Å². The summed E-state index contributed by atoms with van der Waals surface area (Å²) in [7, 11) is 0. The number of likely N-dealkylation sites (tertiary alicyclic amines) is 1. The van der Waals surface area contributed by atoms with Gasteiger partial charge in [-0.25, -0.2) is 4.98 Å². The first-order chi connectivity index (χ1) is 8.28. The minimum absolute atomic E-state index is 0.422. The summed E-state index contributed by atoms with van der Waals surface area (Å²) in [6.45, 7) is 6.32. The molecule has 0 aliphatic carbocycles. The zero-order valence-electron chi connectivity index (χ0n) is 10.4. The van der Waals surface area contributed by atoms with Crippen LogP contribution in [-0.2, 0) is 6.54 Å². The molecule has 0 atom stereocenters. The molecular weight excluding hydrogens is 216 g/mol. The van der Waals surface area contributed by atoms with Crippen molar-refractivity contribution in [1.82, 2.24) is 14.9 Å². The number of ether oxygens (including phenoxy) is 1. The summed E-state index contributed by atoms with van der Waals surface area (Å²) >= 11 is 0. The topological polar surface area (TPSA) is 64.3 Å². The second-order valence-corrected chi connectivity index (χ2v) is 4.38. The van der Waals surface area contributed by atoms with Crippen molar-refractivity contribution in [2.24, 2.45) is 5.73 Å². The van der Waals surface area contributed by atoms with Crippen molar-refractivity contribution in [1.29, 1.82) is 0 Å². The van der Waals surface area contributed by atoms with Crippen molar-refractivity contribution < 1.29 is 4.74 Å². The quantitative estimate of drug-likeness (QED) is 0.816. The summed E-state index contributed by atoms with van der Waals surface area (Å²) < 4.78 is 5.57. The largest absolute Gasteiger partial charge is 0.462 e. The lowest BCUT2D eigenvalue weighted by Crippen LogP contribution is -2.25. The van der Waals surface area contributed by atoms with E-state index in [1.54, 1.807) is 0 Å². The number of aromatic nitrogens is 2. The van der Waals surface area contributed by atoms with Gasteiger partial charge >= 0.3 is 6.01 Å². The van der Waals surface area contributed by atoms with E-state index in [2.05, 4.69) is 14.9 Å². The van der Waals surface area contributed by atoms with Gasteiger partial charge in [0.2, 0.25) is 0 Å². The normalized spacial score (nSPS) is 16.4. The van der Waals surface area contributed by atoms with Gasteiger partial charge in [0.25, 0.3) is 0 Å². The maximum atomic E-state index is 5.57. The smallest absolute Gasteiger partial charge is 0.316 e. The van der Waals surface area contributed by atoms with Crippen molar-refractivity contribution in [3.8, 4) is 6.01 Å².